The normalized spacial score (nSPS) is 21.5. The highest BCUT2D eigenvalue weighted by molar-refractivity contribution is 7.99. The predicted octanol–water partition coefficient (Wildman–Crippen LogP) is 4.59. The molecule has 2 aliphatic rings. The Hall–Kier alpha value is -1.49. The number of nitrogens with one attached hydrogen (secondary N) is 1. The molecule has 1 aliphatic carbocycles. The van der Waals surface area contributed by atoms with Crippen LogP contribution in [0.4, 0.5) is 16.0 Å². The van der Waals surface area contributed by atoms with E-state index in [1.165, 1.54) is 18.0 Å². The summed E-state index contributed by atoms with van der Waals surface area (Å²) in [7, 11) is -1.07. The molecule has 2 aromatic heterocycles. The Morgan fingerprint density at radius 3 is 2.70 bits per heavy atom. The Balaban J connectivity index is 1.42. The molecular formula is C22H30ClFN6OS2. The van der Waals surface area contributed by atoms with Gasteiger partial charge in [0.25, 0.3) is 0 Å². The molecule has 0 unspecified atom stereocenters. The number of rotatable bonds is 5. The molecule has 0 amide bonds. The first-order valence-corrected chi connectivity index (χ1v) is 13.5. The van der Waals surface area contributed by atoms with Gasteiger partial charge in [-0.2, -0.15) is 4.39 Å². The van der Waals surface area contributed by atoms with E-state index in [1.54, 1.807) is 12.3 Å². The largest absolute Gasteiger partial charge is 0.381 e. The Morgan fingerprint density at radius 2 is 2.03 bits per heavy atom. The molecule has 7 nitrogen and oxygen atoms in total. The summed E-state index contributed by atoms with van der Waals surface area (Å²) in [4.78, 5) is 15.3. The van der Waals surface area contributed by atoms with Crippen molar-refractivity contribution in [2.45, 2.75) is 73.6 Å². The van der Waals surface area contributed by atoms with Gasteiger partial charge in [0, 0.05) is 30.2 Å². The molecule has 0 radical (unpaired) electrons. The fourth-order valence-electron chi connectivity index (χ4n) is 4.61. The van der Waals surface area contributed by atoms with Gasteiger partial charge in [0.2, 0.25) is 5.95 Å². The molecule has 2 fully saturated rings. The maximum Gasteiger partial charge on any atom is 0.232 e. The Morgan fingerprint density at radius 1 is 1.30 bits per heavy atom. The number of hydrogen-bond acceptors (Lipinski definition) is 7. The van der Waals surface area contributed by atoms with Gasteiger partial charge < -0.3 is 10.6 Å². The van der Waals surface area contributed by atoms with Crippen molar-refractivity contribution < 1.29 is 8.60 Å². The number of nitrogens with zero attached hydrogens (tertiary/aromatic N) is 4. The number of piperidine rings is 1. The zero-order chi connectivity index (χ0) is 23.8. The molecule has 1 aliphatic heterocycles. The van der Waals surface area contributed by atoms with E-state index in [2.05, 4.69) is 24.6 Å². The third kappa shape index (κ3) is 5.28. The maximum atomic E-state index is 13.6. The third-order valence-electron chi connectivity index (χ3n) is 6.56. The second kappa shape index (κ2) is 9.64. The minimum atomic E-state index is -1.07. The lowest BCUT2D eigenvalue weighted by molar-refractivity contribution is 0.188. The van der Waals surface area contributed by atoms with Crippen LogP contribution in [0.15, 0.2) is 28.4 Å². The SMILES string of the molecule is CC(C)(C)[S@@](=O)N[C@@H]1CCCC12CCN(c1cnc(Sc3ccnc(F)c3Cl)c(N)n1)CC2. The molecule has 33 heavy (non-hydrogen) atoms. The van der Waals surface area contributed by atoms with Crippen LogP contribution in [0.25, 0.3) is 0 Å². The lowest BCUT2D eigenvalue weighted by Gasteiger charge is -2.44. The van der Waals surface area contributed by atoms with E-state index in [0.29, 0.717) is 9.92 Å². The van der Waals surface area contributed by atoms with Crippen molar-refractivity contribution in [3.05, 3.63) is 29.4 Å². The van der Waals surface area contributed by atoms with Crippen LogP contribution in [-0.4, -0.2) is 43.0 Å². The molecule has 2 aromatic rings. The van der Waals surface area contributed by atoms with Crippen molar-refractivity contribution in [2.24, 2.45) is 5.41 Å². The Kier molecular flexibility index (Phi) is 7.19. The summed E-state index contributed by atoms with van der Waals surface area (Å²) in [6.45, 7) is 7.71. The zero-order valence-corrected chi connectivity index (χ0v) is 21.5. The zero-order valence-electron chi connectivity index (χ0n) is 19.1. The van der Waals surface area contributed by atoms with Gasteiger partial charge in [-0.3, -0.25) is 0 Å². The summed E-state index contributed by atoms with van der Waals surface area (Å²) >= 11 is 7.16. The van der Waals surface area contributed by atoms with Crippen molar-refractivity contribution in [1.29, 1.82) is 0 Å². The molecular weight excluding hydrogens is 483 g/mol. The van der Waals surface area contributed by atoms with Gasteiger partial charge in [-0.1, -0.05) is 29.8 Å². The molecule has 0 bridgehead atoms. The molecule has 3 heterocycles. The van der Waals surface area contributed by atoms with E-state index in [9.17, 15) is 8.60 Å². The highest BCUT2D eigenvalue weighted by Crippen LogP contribution is 2.47. The summed E-state index contributed by atoms with van der Waals surface area (Å²) in [5.74, 6) is 0.296. The van der Waals surface area contributed by atoms with E-state index in [-0.39, 0.29) is 27.0 Å². The highest BCUT2D eigenvalue weighted by Gasteiger charge is 2.46. The summed E-state index contributed by atoms with van der Waals surface area (Å²) in [5.41, 5.74) is 6.35. The van der Waals surface area contributed by atoms with Gasteiger partial charge in [0.15, 0.2) is 5.82 Å². The summed E-state index contributed by atoms with van der Waals surface area (Å²) in [6, 6.07) is 1.90. The standard InChI is InChI=1S/C22H30ClFN6OS2/c1-21(2,3)33(31)29-15-5-4-7-22(15)8-11-30(12-9-22)16-13-27-20(19(25)28-16)32-14-6-10-26-18(24)17(14)23/h6,10,13,15,29H,4-5,7-9,11-12H2,1-3H3,(H2,25,28)/t15-,33-/m1/s1. The van der Waals surface area contributed by atoms with Crippen LogP contribution in [0, 0.1) is 11.4 Å². The third-order valence-corrected chi connectivity index (χ3v) is 9.72. The molecule has 180 valence electrons. The first-order valence-electron chi connectivity index (χ1n) is 11.1. The first kappa shape index (κ1) is 24.6. The van der Waals surface area contributed by atoms with Gasteiger partial charge in [-0.25, -0.2) is 23.9 Å². The van der Waals surface area contributed by atoms with Crippen molar-refractivity contribution in [3.8, 4) is 0 Å². The minimum Gasteiger partial charge on any atom is -0.381 e. The topological polar surface area (TPSA) is 97.0 Å². The second-order valence-corrected chi connectivity index (χ2v) is 13.1. The fourth-order valence-corrected chi connectivity index (χ4v) is 6.58. The maximum absolute atomic E-state index is 13.6. The molecule has 3 N–H and O–H groups in total. The van der Waals surface area contributed by atoms with Crippen LogP contribution in [0.3, 0.4) is 0 Å². The quantitative estimate of drug-likeness (QED) is 0.565. The smallest absolute Gasteiger partial charge is 0.232 e. The number of hydrogen-bond donors (Lipinski definition) is 2. The van der Waals surface area contributed by atoms with Gasteiger partial charge in [-0.05, 0) is 57.9 Å². The number of halogens is 2. The van der Waals surface area contributed by atoms with Gasteiger partial charge in [0.1, 0.15) is 15.9 Å². The van der Waals surface area contributed by atoms with Crippen LogP contribution in [-0.2, 0) is 11.0 Å². The lowest BCUT2D eigenvalue weighted by Crippen LogP contribution is -2.51. The molecule has 2 atom stereocenters. The Bertz CT molecular complexity index is 1040. The van der Waals surface area contributed by atoms with E-state index in [4.69, 9.17) is 17.3 Å². The number of anilines is 2. The molecule has 4 rings (SSSR count). The van der Waals surface area contributed by atoms with Crippen LogP contribution in [0.1, 0.15) is 52.9 Å². The summed E-state index contributed by atoms with van der Waals surface area (Å²) in [5, 5.41) is 0.422. The average Bonchev–Trinajstić information content (AvgIpc) is 3.14. The fraction of sp³-hybridized carbons (Fsp3) is 0.591. The van der Waals surface area contributed by atoms with Crippen LogP contribution in [0.2, 0.25) is 5.02 Å². The monoisotopic (exact) mass is 512 g/mol. The van der Waals surface area contributed by atoms with E-state index < -0.39 is 16.9 Å². The van der Waals surface area contributed by atoms with Gasteiger partial charge >= 0.3 is 0 Å². The van der Waals surface area contributed by atoms with Crippen molar-refractivity contribution in [1.82, 2.24) is 19.7 Å². The molecule has 1 saturated heterocycles. The predicted molar refractivity (Wildman–Crippen MR) is 132 cm³/mol. The van der Waals surface area contributed by atoms with E-state index in [1.807, 2.05) is 20.8 Å². The van der Waals surface area contributed by atoms with E-state index in [0.717, 1.165) is 51.0 Å². The van der Waals surface area contributed by atoms with Crippen LogP contribution in [0.5, 0.6) is 0 Å². The summed E-state index contributed by atoms with van der Waals surface area (Å²) < 4.78 is 29.5. The number of nitrogens with two attached hydrogens (primary N) is 1. The molecule has 1 spiro atoms. The highest BCUT2D eigenvalue weighted by atomic mass is 35.5. The van der Waals surface area contributed by atoms with Crippen molar-refractivity contribution in [2.75, 3.05) is 23.7 Å². The molecule has 0 aromatic carbocycles. The lowest BCUT2D eigenvalue weighted by atomic mass is 9.74. The number of aromatic nitrogens is 3. The summed E-state index contributed by atoms with van der Waals surface area (Å²) in [6.07, 6.45) is 8.47. The van der Waals surface area contributed by atoms with Gasteiger partial charge in [0.05, 0.1) is 21.9 Å². The second-order valence-electron chi connectivity index (χ2n) is 9.73. The number of pyridine rings is 1. The van der Waals surface area contributed by atoms with Crippen LogP contribution < -0.4 is 15.4 Å². The van der Waals surface area contributed by atoms with Crippen molar-refractivity contribution >= 4 is 46.0 Å². The van der Waals surface area contributed by atoms with Gasteiger partial charge in [-0.15, -0.1) is 0 Å². The average molecular weight is 513 g/mol. The van der Waals surface area contributed by atoms with E-state index >= 15 is 0 Å². The minimum absolute atomic E-state index is 0.0544. The molecule has 1 saturated carbocycles. The first-order chi connectivity index (χ1) is 15.6. The van der Waals surface area contributed by atoms with Crippen LogP contribution >= 0.6 is 23.4 Å². The Labute approximate surface area is 206 Å². The van der Waals surface area contributed by atoms with Crippen molar-refractivity contribution in [3.63, 3.8) is 0 Å². The number of nitrogen functional groups attached to an aromatic ring is 1. The molecule has 11 heteroatoms.